The third-order valence-electron chi connectivity index (χ3n) is 2.55. The molecule has 1 heterocycles. The van der Waals surface area contributed by atoms with Gasteiger partial charge in [0.15, 0.2) is 5.11 Å². The summed E-state index contributed by atoms with van der Waals surface area (Å²) < 4.78 is 10.7. The summed E-state index contributed by atoms with van der Waals surface area (Å²) in [5.74, 6) is 0. The molecule has 0 aromatic heterocycles. The Bertz CT molecular complexity index is 261. The Morgan fingerprint density at radius 3 is 2.94 bits per heavy atom. The molecular formula is C11H22N2O3S. The molecule has 1 aliphatic heterocycles. The highest BCUT2D eigenvalue weighted by Crippen LogP contribution is 2.20. The first-order chi connectivity index (χ1) is 7.98. The van der Waals surface area contributed by atoms with Gasteiger partial charge < -0.3 is 24.8 Å². The Balaban J connectivity index is 2.48. The van der Waals surface area contributed by atoms with Crippen LogP contribution >= 0.6 is 12.2 Å². The van der Waals surface area contributed by atoms with Gasteiger partial charge in [-0.05, 0) is 26.1 Å². The van der Waals surface area contributed by atoms with Crippen LogP contribution in [0.5, 0.6) is 0 Å². The zero-order valence-corrected chi connectivity index (χ0v) is 11.5. The van der Waals surface area contributed by atoms with E-state index in [0.717, 1.165) is 6.54 Å². The fraction of sp³-hybridized carbons (Fsp3) is 0.909. The Labute approximate surface area is 108 Å². The van der Waals surface area contributed by atoms with E-state index < -0.39 is 0 Å². The van der Waals surface area contributed by atoms with Crippen molar-refractivity contribution in [1.29, 1.82) is 0 Å². The number of rotatable bonds is 4. The summed E-state index contributed by atoms with van der Waals surface area (Å²) in [5, 5.41) is 13.0. The number of nitrogens with one attached hydrogen (secondary N) is 1. The van der Waals surface area contributed by atoms with Crippen LogP contribution in [0.2, 0.25) is 0 Å². The van der Waals surface area contributed by atoms with Gasteiger partial charge in [0, 0.05) is 26.7 Å². The van der Waals surface area contributed by atoms with E-state index in [9.17, 15) is 5.11 Å². The van der Waals surface area contributed by atoms with Crippen LogP contribution in [-0.4, -0.2) is 66.8 Å². The Morgan fingerprint density at radius 1 is 1.65 bits per heavy atom. The molecule has 1 unspecified atom stereocenters. The summed E-state index contributed by atoms with van der Waals surface area (Å²) >= 11 is 5.31. The van der Waals surface area contributed by atoms with Crippen molar-refractivity contribution in [2.75, 3.05) is 40.0 Å². The van der Waals surface area contributed by atoms with Crippen molar-refractivity contribution in [2.24, 2.45) is 0 Å². The molecule has 100 valence electrons. The summed E-state index contributed by atoms with van der Waals surface area (Å²) in [4.78, 5) is 2.04. The lowest BCUT2D eigenvalue weighted by Crippen LogP contribution is -2.57. The van der Waals surface area contributed by atoms with Gasteiger partial charge in [-0.1, -0.05) is 0 Å². The third-order valence-corrected chi connectivity index (χ3v) is 2.96. The number of methoxy groups -OCH3 is 1. The second-order valence-corrected chi connectivity index (χ2v) is 5.17. The van der Waals surface area contributed by atoms with Gasteiger partial charge in [-0.15, -0.1) is 0 Å². The van der Waals surface area contributed by atoms with Gasteiger partial charge in [0.25, 0.3) is 0 Å². The maximum atomic E-state index is 9.20. The van der Waals surface area contributed by atoms with Gasteiger partial charge in [0.2, 0.25) is 0 Å². The van der Waals surface area contributed by atoms with Crippen molar-refractivity contribution >= 4 is 17.3 Å². The standard InChI is InChI=1S/C11H22N2O3S/c1-11(2)8-13(6-9(7-14)16-11)10(17)12-4-5-15-3/h9,14H,4-8H2,1-3H3,(H,12,17). The maximum absolute atomic E-state index is 9.20. The molecule has 0 aliphatic carbocycles. The van der Waals surface area contributed by atoms with Crippen molar-refractivity contribution in [3.8, 4) is 0 Å². The fourth-order valence-corrected chi connectivity index (χ4v) is 2.16. The van der Waals surface area contributed by atoms with Crippen LogP contribution in [-0.2, 0) is 9.47 Å². The molecule has 0 amide bonds. The molecule has 0 radical (unpaired) electrons. The minimum Gasteiger partial charge on any atom is -0.394 e. The van der Waals surface area contributed by atoms with Crippen LogP contribution in [0.4, 0.5) is 0 Å². The number of aliphatic hydroxyl groups is 1. The number of hydrogen-bond acceptors (Lipinski definition) is 4. The molecule has 0 saturated carbocycles. The zero-order valence-electron chi connectivity index (χ0n) is 10.7. The van der Waals surface area contributed by atoms with Crippen LogP contribution in [0.15, 0.2) is 0 Å². The first-order valence-corrected chi connectivity index (χ1v) is 6.20. The highest BCUT2D eigenvalue weighted by atomic mass is 32.1. The van der Waals surface area contributed by atoms with Crippen LogP contribution in [0.1, 0.15) is 13.8 Å². The Kier molecular flexibility index (Phi) is 5.58. The molecule has 1 aliphatic rings. The van der Waals surface area contributed by atoms with Crippen molar-refractivity contribution in [2.45, 2.75) is 25.6 Å². The first-order valence-electron chi connectivity index (χ1n) is 5.79. The summed E-state index contributed by atoms with van der Waals surface area (Å²) in [5.41, 5.74) is -0.293. The average Bonchev–Trinajstić information content (AvgIpc) is 2.27. The lowest BCUT2D eigenvalue weighted by Gasteiger charge is -2.43. The van der Waals surface area contributed by atoms with Gasteiger partial charge in [0.1, 0.15) is 0 Å². The number of morpholine rings is 1. The number of nitrogens with zero attached hydrogens (tertiary/aromatic N) is 1. The molecule has 0 spiro atoms. The molecule has 17 heavy (non-hydrogen) atoms. The highest BCUT2D eigenvalue weighted by Gasteiger charge is 2.33. The molecule has 2 N–H and O–H groups in total. The molecule has 1 fully saturated rings. The average molecular weight is 262 g/mol. The molecular weight excluding hydrogens is 240 g/mol. The van der Waals surface area contributed by atoms with E-state index >= 15 is 0 Å². The second kappa shape index (κ2) is 6.49. The van der Waals surface area contributed by atoms with E-state index in [0.29, 0.717) is 24.8 Å². The molecule has 1 saturated heterocycles. The third kappa shape index (κ3) is 4.75. The maximum Gasteiger partial charge on any atom is 0.169 e. The van der Waals surface area contributed by atoms with E-state index in [1.807, 2.05) is 18.7 Å². The lowest BCUT2D eigenvalue weighted by atomic mass is 10.1. The fourth-order valence-electron chi connectivity index (χ4n) is 1.92. The largest absolute Gasteiger partial charge is 0.394 e. The van der Waals surface area contributed by atoms with E-state index in [1.54, 1.807) is 7.11 Å². The molecule has 0 aromatic rings. The molecule has 0 bridgehead atoms. The summed E-state index contributed by atoms with van der Waals surface area (Å²) in [6.07, 6.45) is -0.180. The topological polar surface area (TPSA) is 54.0 Å². The molecule has 5 nitrogen and oxygen atoms in total. The summed E-state index contributed by atoms with van der Waals surface area (Å²) in [7, 11) is 1.66. The SMILES string of the molecule is COCCNC(=S)N1CC(CO)OC(C)(C)C1. The Hall–Kier alpha value is -0.430. The monoisotopic (exact) mass is 262 g/mol. The van der Waals surface area contributed by atoms with E-state index in [-0.39, 0.29) is 18.3 Å². The predicted molar refractivity (Wildman–Crippen MR) is 70.1 cm³/mol. The Morgan fingerprint density at radius 2 is 2.35 bits per heavy atom. The smallest absolute Gasteiger partial charge is 0.169 e. The number of hydrogen-bond donors (Lipinski definition) is 2. The summed E-state index contributed by atoms with van der Waals surface area (Å²) in [6.45, 7) is 6.68. The molecule has 6 heteroatoms. The van der Waals surface area contributed by atoms with Crippen LogP contribution in [0.25, 0.3) is 0 Å². The lowest BCUT2D eigenvalue weighted by molar-refractivity contribution is -0.134. The van der Waals surface area contributed by atoms with Gasteiger partial charge in [-0.2, -0.15) is 0 Å². The molecule has 0 aromatic carbocycles. The van der Waals surface area contributed by atoms with E-state index in [1.165, 1.54) is 0 Å². The molecule has 1 rings (SSSR count). The number of ether oxygens (including phenoxy) is 2. The zero-order chi connectivity index (χ0) is 12.9. The van der Waals surface area contributed by atoms with Gasteiger partial charge in [0.05, 0.1) is 24.9 Å². The van der Waals surface area contributed by atoms with Crippen molar-refractivity contribution < 1.29 is 14.6 Å². The van der Waals surface area contributed by atoms with Crippen molar-refractivity contribution in [3.05, 3.63) is 0 Å². The van der Waals surface area contributed by atoms with Gasteiger partial charge >= 0.3 is 0 Å². The summed E-state index contributed by atoms with van der Waals surface area (Å²) in [6, 6.07) is 0. The quantitative estimate of drug-likeness (QED) is 0.548. The number of aliphatic hydroxyl groups excluding tert-OH is 1. The first kappa shape index (κ1) is 14.6. The van der Waals surface area contributed by atoms with Crippen LogP contribution < -0.4 is 5.32 Å². The van der Waals surface area contributed by atoms with Crippen LogP contribution in [0, 0.1) is 0 Å². The number of thiocarbonyl (C=S) groups is 1. The second-order valence-electron chi connectivity index (χ2n) is 4.79. The minimum atomic E-state index is -0.293. The minimum absolute atomic E-state index is 0.0145. The van der Waals surface area contributed by atoms with Crippen LogP contribution in [0.3, 0.4) is 0 Å². The molecule has 1 atom stereocenters. The van der Waals surface area contributed by atoms with Crippen molar-refractivity contribution in [3.63, 3.8) is 0 Å². The predicted octanol–water partition coefficient (Wildman–Crippen LogP) is -0.0210. The van der Waals surface area contributed by atoms with Gasteiger partial charge in [-0.25, -0.2) is 0 Å². The van der Waals surface area contributed by atoms with Gasteiger partial charge in [-0.3, -0.25) is 0 Å². The normalized spacial score (nSPS) is 23.5. The van der Waals surface area contributed by atoms with E-state index in [4.69, 9.17) is 21.7 Å². The highest BCUT2D eigenvalue weighted by molar-refractivity contribution is 7.80. The van der Waals surface area contributed by atoms with E-state index in [2.05, 4.69) is 5.32 Å². The van der Waals surface area contributed by atoms with Crippen molar-refractivity contribution in [1.82, 2.24) is 10.2 Å².